The SMILES string of the molecule is Cc1c(Cl)c(F)c(F)c(F)c1NC(=O)C1CC(F)CN1C(=O)Cn1nc(C(N)=O)c2cc(-c3ccnnc3)ccc21. The minimum atomic E-state index is -1.89. The van der Waals surface area contributed by atoms with E-state index >= 15 is 0 Å². The highest BCUT2D eigenvalue weighted by molar-refractivity contribution is 6.32. The molecule has 212 valence electrons. The number of carbonyl (C=O) groups is 3. The molecule has 2 atom stereocenters. The van der Waals surface area contributed by atoms with Crippen molar-refractivity contribution < 1.29 is 31.9 Å². The van der Waals surface area contributed by atoms with E-state index < -0.39 is 77.6 Å². The van der Waals surface area contributed by atoms with Gasteiger partial charge in [0.1, 0.15) is 18.8 Å². The zero-order valence-electron chi connectivity index (χ0n) is 21.2. The van der Waals surface area contributed by atoms with Gasteiger partial charge in [0.2, 0.25) is 11.8 Å². The number of nitrogens with one attached hydrogen (secondary N) is 1. The van der Waals surface area contributed by atoms with E-state index in [0.717, 1.165) is 11.8 Å². The van der Waals surface area contributed by atoms with Gasteiger partial charge in [-0.3, -0.25) is 19.1 Å². The number of amides is 3. The summed E-state index contributed by atoms with van der Waals surface area (Å²) in [4.78, 5) is 39.4. The van der Waals surface area contributed by atoms with Crippen molar-refractivity contribution >= 4 is 45.9 Å². The Kier molecular flexibility index (Phi) is 7.34. The summed E-state index contributed by atoms with van der Waals surface area (Å²) in [5, 5.41) is 13.4. The maximum absolute atomic E-state index is 14.5. The van der Waals surface area contributed by atoms with Crippen LogP contribution in [-0.4, -0.2) is 61.4 Å². The molecule has 3 heterocycles. The van der Waals surface area contributed by atoms with E-state index in [4.69, 9.17) is 17.3 Å². The lowest BCUT2D eigenvalue weighted by molar-refractivity contribution is -0.137. The fraction of sp³-hybridized carbons (Fsp3) is 0.231. The van der Waals surface area contributed by atoms with Gasteiger partial charge in [-0.1, -0.05) is 17.7 Å². The third kappa shape index (κ3) is 5.06. The fourth-order valence-electron chi connectivity index (χ4n) is 4.75. The van der Waals surface area contributed by atoms with Crippen LogP contribution in [0.5, 0.6) is 0 Å². The molecule has 5 rings (SSSR count). The second-order valence-electron chi connectivity index (χ2n) is 9.37. The molecule has 0 radical (unpaired) electrons. The molecule has 2 aromatic carbocycles. The molecule has 2 unspecified atom stereocenters. The van der Waals surface area contributed by atoms with Gasteiger partial charge in [-0.05, 0) is 36.2 Å². The highest BCUT2D eigenvalue weighted by atomic mass is 35.5. The topological polar surface area (TPSA) is 136 Å². The number of hydrogen-bond donors (Lipinski definition) is 2. The quantitative estimate of drug-likeness (QED) is 0.201. The molecule has 0 spiro atoms. The summed E-state index contributed by atoms with van der Waals surface area (Å²) in [6.07, 6.45) is 0.993. The highest BCUT2D eigenvalue weighted by Crippen LogP contribution is 2.33. The lowest BCUT2D eigenvalue weighted by Crippen LogP contribution is -2.44. The molecule has 0 aliphatic carbocycles. The lowest BCUT2D eigenvalue weighted by Gasteiger charge is -2.24. The van der Waals surface area contributed by atoms with Crippen molar-refractivity contribution in [1.29, 1.82) is 0 Å². The van der Waals surface area contributed by atoms with Crippen molar-refractivity contribution in [2.75, 3.05) is 11.9 Å². The number of primary amides is 1. The Hall–Kier alpha value is -4.59. The van der Waals surface area contributed by atoms with Gasteiger partial charge in [0, 0.05) is 17.4 Å². The summed E-state index contributed by atoms with van der Waals surface area (Å²) in [7, 11) is 0. The summed E-state index contributed by atoms with van der Waals surface area (Å²) >= 11 is 5.71. The van der Waals surface area contributed by atoms with E-state index in [1.807, 2.05) is 0 Å². The van der Waals surface area contributed by atoms with Gasteiger partial charge in [-0.25, -0.2) is 17.6 Å². The van der Waals surface area contributed by atoms with E-state index in [0.29, 0.717) is 22.0 Å². The van der Waals surface area contributed by atoms with Crippen molar-refractivity contribution in [2.45, 2.75) is 32.1 Å². The zero-order chi connectivity index (χ0) is 29.6. The molecule has 3 N–H and O–H groups in total. The molecule has 1 aliphatic rings. The van der Waals surface area contributed by atoms with Gasteiger partial charge in [0.25, 0.3) is 5.91 Å². The number of hydrogen-bond acceptors (Lipinski definition) is 6. The second-order valence-corrected chi connectivity index (χ2v) is 9.75. The number of halogens is 5. The van der Waals surface area contributed by atoms with Gasteiger partial charge in [0.05, 0.1) is 35.2 Å². The number of aromatic nitrogens is 4. The zero-order valence-corrected chi connectivity index (χ0v) is 21.9. The Morgan fingerprint density at radius 2 is 1.85 bits per heavy atom. The molecular weight excluding hydrogens is 570 g/mol. The van der Waals surface area contributed by atoms with Crippen molar-refractivity contribution in [3.63, 3.8) is 0 Å². The molecule has 0 saturated carbocycles. The van der Waals surface area contributed by atoms with Crippen LogP contribution in [0.25, 0.3) is 22.0 Å². The monoisotopic (exact) mass is 589 g/mol. The lowest BCUT2D eigenvalue weighted by atomic mass is 10.0. The predicted octanol–water partition coefficient (Wildman–Crippen LogP) is 3.55. The number of anilines is 1. The van der Waals surface area contributed by atoms with Crippen LogP contribution in [0.15, 0.2) is 36.7 Å². The normalized spacial score (nSPS) is 16.8. The number of nitrogens with zero attached hydrogens (tertiary/aromatic N) is 5. The summed E-state index contributed by atoms with van der Waals surface area (Å²) in [5.41, 5.74) is 6.14. The minimum Gasteiger partial charge on any atom is -0.364 e. The summed E-state index contributed by atoms with van der Waals surface area (Å²) in [6, 6.07) is 5.27. The molecule has 41 heavy (non-hydrogen) atoms. The molecule has 0 bridgehead atoms. The third-order valence-corrected chi connectivity index (χ3v) is 7.26. The summed E-state index contributed by atoms with van der Waals surface area (Å²) in [5.74, 6) is -7.81. The van der Waals surface area contributed by atoms with Gasteiger partial charge in [-0.15, -0.1) is 0 Å². The number of carbonyl (C=O) groups excluding carboxylic acids is 3. The van der Waals surface area contributed by atoms with Gasteiger partial charge in [-0.2, -0.15) is 15.3 Å². The maximum Gasteiger partial charge on any atom is 0.269 e. The van der Waals surface area contributed by atoms with Gasteiger partial charge >= 0.3 is 0 Å². The van der Waals surface area contributed by atoms with Crippen molar-refractivity contribution in [3.05, 3.63) is 70.4 Å². The average Bonchev–Trinajstić information content (AvgIpc) is 3.54. The molecule has 2 aromatic heterocycles. The molecule has 15 heteroatoms. The number of rotatable bonds is 6. The van der Waals surface area contributed by atoms with Crippen LogP contribution in [0, 0.1) is 24.4 Å². The first-order valence-electron chi connectivity index (χ1n) is 12.1. The maximum atomic E-state index is 14.5. The summed E-state index contributed by atoms with van der Waals surface area (Å²) in [6.45, 7) is 0.202. The molecular formula is C26H20ClF4N7O3. The minimum absolute atomic E-state index is 0.114. The molecule has 1 saturated heterocycles. The second kappa shape index (κ2) is 10.8. The van der Waals surface area contributed by atoms with Crippen LogP contribution in [-0.2, 0) is 16.1 Å². The molecule has 1 aliphatic heterocycles. The van der Waals surface area contributed by atoms with Crippen LogP contribution in [0.1, 0.15) is 22.5 Å². The van der Waals surface area contributed by atoms with Crippen LogP contribution >= 0.6 is 11.6 Å². The number of benzene rings is 2. The van der Waals surface area contributed by atoms with Crippen LogP contribution < -0.4 is 11.1 Å². The Labute approximate surface area is 234 Å². The highest BCUT2D eigenvalue weighted by Gasteiger charge is 2.40. The van der Waals surface area contributed by atoms with E-state index in [-0.39, 0.29) is 11.3 Å². The van der Waals surface area contributed by atoms with Crippen LogP contribution in [0.4, 0.5) is 23.2 Å². The molecule has 1 fully saturated rings. The number of alkyl halides is 1. The van der Waals surface area contributed by atoms with E-state index in [1.54, 1.807) is 24.3 Å². The Morgan fingerprint density at radius 3 is 2.54 bits per heavy atom. The Morgan fingerprint density at radius 1 is 1.10 bits per heavy atom. The first-order chi connectivity index (χ1) is 19.5. The third-order valence-electron chi connectivity index (χ3n) is 6.81. The average molecular weight is 590 g/mol. The van der Waals surface area contributed by atoms with Gasteiger partial charge in [0.15, 0.2) is 23.1 Å². The van der Waals surface area contributed by atoms with E-state index in [2.05, 4.69) is 20.6 Å². The first-order valence-corrected chi connectivity index (χ1v) is 12.5. The van der Waals surface area contributed by atoms with Crippen molar-refractivity contribution in [2.24, 2.45) is 5.73 Å². The molecule has 4 aromatic rings. The number of nitrogens with two attached hydrogens (primary N) is 1. The van der Waals surface area contributed by atoms with Crippen LogP contribution in [0.2, 0.25) is 5.02 Å². The predicted molar refractivity (Wildman–Crippen MR) is 139 cm³/mol. The number of likely N-dealkylation sites (tertiary alicyclic amines) is 1. The van der Waals surface area contributed by atoms with Crippen molar-refractivity contribution in [3.8, 4) is 11.1 Å². The first kappa shape index (κ1) is 28.0. The summed E-state index contributed by atoms with van der Waals surface area (Å²) < 4.78 is 57.8. The number of fused-ring (bicyclic) bond motifs is 1. The fourth-order valence-corrected chi connectivity index (χ4v) is 4.92. The standard InChI is InChI=1S/C26H20ClF4N7O3/c1-11-19(27)20(29)21(30)22(31)23(11)35-26(41)17-7-14(28)9-37(17)18(39)10-38-16-3-2-12(13-4-5-33-34-8-13)6-15(16)24(36-38)25(32)40/h2-6,8,14,17H,7,9-10H2,1H3,(H2,32,40)(H,35,41). The largest absolute Gasteiger partial charge is 0.364 e. The Balaban J connectivity index is 1.42. The Bertz CT molecular complexity index is 1690. The van der Waals surface area contributed by atoms with Crippen LogP contribution in [0.3, 0.4) is 0 Å². The molecule has 10 nitrogen and oxygen atoms in total. The van der Waals surface area contributed by atoms with Crippen molar-refractivity contribution in [1.82, 2.24) is 24.9 Å². The van der Waals surface area contributed by atoms with E-state index in [1.165, 1.54) is 17.1 Å². The molecule has 3 amide bonds. The van der Waals surface area contributed by atoms with E-state index in [9.17, 15) is 31.9 Å². The smallest absolute Gasteiger partial charge is 0.269 e. The van der Waals surface area contributed by atoms with Gasteiger partial charge < -0.3 is 16.0 Å².